The van der Waals surface area contributed by atoms with Gasteiger partial charge in [0.1, 0.15) is 0 Å². The molecule has 0 amide bonds. The van der Waals surface area contributed by atoms with Crippen LogP contribution >= 0.6 is 0 Å². The Balaban J connectivity index is 1.86. The molecule has 8 nitrogen and oxygen atoms in total. The van der Waals surface area contributed by atoms with E-state index in [9.17, 15) is 15.2 Å². The number of aliphatic hydroxyl groups is 1. The van der Waals surface area contributed by atoms with Crippen molar-refractivity contribution in [2.24, 2.45) is 0 Å². The van der Waals surface area contributed by atoms with E-state index in [4.69, 9.17) is 9.47 Å². The van der Waals surface area contributed by atoms with Gasteiger partial charge in [0.15, 0.2) is 11.5 Å². The fourth-order valence-corrected chi connectivity index (χ4v) is 2.88. The van der Waals surface area contributed by atoms with Crippen LogP contribution in [0.3, 0.4) is 0 Å². The Labute approximate surface area is 155 Å². The first kappa shape index (κ1) is 18.4. The molecule has 0 aliphatic rings. The van der Waals surface area contributed by atoms with E-state index in [2.05, 4.69) is 10.2 Å². The highest BCUT2D eigenvalue weighted by atomic mass is 16.6. The smallest absolute Gasteiger partial charge is 0.276 e. The van der Waals surface area contributed by atoms with Gasteiger partial charge >= 0.3 is 0 Å². The van der Waals surface area contributed by atoms with E-state index in [0.29, 0.717) is 16.9 Å². The number of hydrogen-bond acceptors (Lipinski definition) is 6. The van der Waals surface area contributed by atoms with E-state index in [-0.39, 0.29) is 17.9 Å². The van der Waals surface area contributed by atoms with Crippen LogP contribution in [-0.2, 0) is 6.42 Å². The lowest BCUT2D eigenvalue weighted by molar-refractivity contribution is -0.385. The van der Waals surface area contributed by atoms with Gasteiger partial charge < -0.3 is 14.6 Å². The number of benzene rings is 2. The number of H-pyrrole nitrogens is 1. The Morgan fingerprint density at radius 2 is 1.81 bits per heavy atom. The summed E-state index contributed by atoms with van der Waals surface area (Å²) >= 11 is 0. The van der Waals surface area contributed by atoms with Crippen LogP contribution in [-0.4, -0.2) is 34.4 Å². The maximum absolute atomic E-state index is 11.4. The van der Waals surface area contributed by atoms with E-state index in [1.807, 2.05) is 12.1 Å². The molecule has 0 saturated carbocycles. The van der Waals surface area contributed by atoms with E-state index >= 15 is 0 Å². The highest BCUT2D eigenvalue weighted by Crippen LogP contribution is 2.36. The molecule has 1 aromatic heterocycles. The lowest BCUT2D eigenvalue weighted by atomic mass is 9.98. The third-order valence-electron chi connectivity index (χ3n) is 4.32. The zero-order valence-electron chi connectivity index (χ0n) is 14.9. The third-order valence-corrected chi connectivity index (χ3v) is 4.32. The summed E-state index contributed by atoms with van der Waals surface area (Å²) in [7, 11) is 2.87. The quantitative estimate of drug-likeness (QED) is 0.488. The average molecular weight is 369 g/mol. The molecule has 3 rings (SSSR count). The summed E-state index contributed by atoms with van der Waals surface area (Å²) in [5, 5.41) is 28.6. The van der Waals surface area contributed by atoms with Gasteiger partial charge in [0.25, 0.3) is 5.69 Å². The highest BCUT2D eigenvalue weighted by molar-refractivity contribution is 5.62. The number of nitrogens with zero attached hydrogens (tertiary/aromatic N) is 2. The molecule has 0 unspecified atom stereocenters. The monoisotopic (exact) mass is 369 g/mol. The molecule has 3 aromatic rings. The number of rotatable bonds is 7. The molecule has 2 aromatic carbocycles. The van der Waals surface area contributed by atoms with Crippen LogP contribution in [0.1, 0.15) is 17.2 Å². The second-order valence-corrected chi connectivity index (χ2v) is 5.92. The summed E-state index contributed by atoms with van der Waals surface area (Å²) in [4.78, 5) is 10.9. The van der Waals surface area contributed by atoms with Crippen LogP contribution in [0.15, 0.2) is 48.8 Å². The average Bonchev–Trinajstić information content (AvgIpc) is 3.22. The minimum absolute atomic E-state index is 0.0712. The van der Waals surface area contributed by atoms with E-state index in [1.54, 1.807) is 24.5 Å². The van der Waals surface area contributed by atoms with Gasteiger partial charge in [0.05, 0.1) is 37.5 Å². The van der Waals surface area contributed by atoms with Crippen LogP contribution in [0.4, 0.5) is 5.69 Å². The number of nitro benzene ring substituents is 1. The number of hydrogen-bond donors (Lipinski definition) is 2. The van der Waals surface area contributed by atoms with Crippen molar-refractivity contribution in [2.75, 3.05) is 14.2 Å². The molecule has 8 heteroatoms. The largest absolute Gasteiger partial charge is 0.493 e. The Kier molecular flexibility index (Phi) is 5.37. The summed E-state index contributed by atoms with van der Waals surface area (Å²) in [6.07, 6.45) is 2.65. The van der Waals surface area contributed by atoms with Gasteiger partial charge in [-0.3, -0.25) is 15.2 Å². The maximum Gasteiger partial charge on any atom is 0.276 e. The van der Waals surface area contributed by atoms with E-state index in [0.717, 1.165) is 11.1 Å². The Morgan fingerprint density at radius 3 is 2.37 bits per heavy atom. The standard InChI is InChI=1S/C19H19N3O5/c1-26-18-8-14(16(22(24)25)9-19(18)27-2)7-17(23)13-5-3-12(4-6-13)15-10-20-21-11-15/h3-6,8-11,17,23H,7H2,1-2H3,(H,20,21)/t17-/m1/s1. The zero-order chi connectivity index (χ0) is 19.4. The topological polar surface area (TPSA) is 111 Å². The molecule has 0 aliphatic carbocycles. The van der Waals surface area contributed by atoms with Crippen molar-refractivity contribution in [3.63, 3.8) is 0 Å². The number of aromatic amines is 1. The van der Waals surface area contributed by atoms with Gasteiger partial charge in [-0.05, 0) is 17.2 Å². The number of nitro groups is 1. The summed E-state index contributed by atoms with van der Waals surface area (Å²) < 4.78 is 10.3. The van der Waals surface area contributed by atoms with Crippen molar-refractivity contribution < 1.29 is 19.5 Å². The molecule has 140 valence electrons. The van der Waals surface area contributed by atoms with E-state index in [1.165, 1.54) is 26.4 Å². The van der Waals surface area contributed by atoms with Gasteiger partial charge in [-0.2, -0.15) is 5.10 Å². The summed E-state index contributed by atoms with van der Waals surface area (Å²) in [6, 6.07) is 10.2. The van der Waals surface area contributed by atoms with Crippen molar-refractivity contribution in [3.8, 4) is 22.6 Å². The lowest BCUT2D eigenvalue weighted by Crippen LogP contribution is -2.05. The first-order valence-corrected chi connectivity index (χ1v) is 8.20. The second-order valence-electron chi connectivity index (χ2n) is 5.92. The van der Waals surface area contributed by atoms with Gasteiger partial charge in [-0.1, -0.05) is 24.3 Å². The van der Waals surface area contributed by atoms with Crippen LogP contribution in [0.25, 0.3) is 11.1 Å². The molecule has 27 heavy (non-hydrogen) atoms. The number of methoxy groups -OCH3 is 2. The zero-order valence-corrected chi connectivity index (χ0v) is 14.9. The minimum Gasteiger partial charge on any atom is -0.493 e. The number of aromatic nitrogens is 2. The molecule has 1 atom stereocenters. The molecular formula is C19H19N3O5. The molecule has 0 aliphatic heterocycles. The van der Waals surface area contributed by atoms with Crippen LogP contribution in [0.5, 0.6) is 11.5 Å². The molecule has 0 spiro atoms. The van der Waals surface area contributed by atoms with Gasteiger partial charge in [0.2, 0.25) is 0 Å². The SMILES string of the molecule is COc1cc(C[C@@H](O)c2ccc(-c3cn[nH]c3)cc2)c([N+](=O)[O-])cc1OC. The predicted octanol–water partition coefficient (Wildman–Crippen LogP) is 3.28. The summed E-state index contributed by atoms with van der Waals surface area (Å²) in [6.45, 7) is 0. The minimum atomic E-state index is -0.903. The third kappa shape index (κ3) is 3.90. The van der Waals surface area contributed by atoms with Crippen molar-refractivity contribution >= 4 is 5.69 Å². The summed E-state index contributed by atoms with van der Waals surface area (Å²) in [5.41, 5.74) is 2.79. The van der Waals surface area contributed by atoms with Gasteiger partial charge in [-0.15, -0.1) is 0 Å². The molecule has 0 bridgehead atoms. The molecule has 0 fully saturated rings. The number of aliphatic hydroxyl groups excluding tert-OH is 1. The summed E-state index contributed by atoms with van der Waals surface area (Å²) in [5.74, 6) is 0.646. The second kappa shape index (κ2) is 7.88. The van der Waals surface area contributed by atoms with Gasteiger partial charge in [0, 0.05) is 23.7 Å². The maximum atomic E-state index is 11.4. The molecule has 2 N–H and O–H groups in total. The normalized spacial score (nSPS) is 11.8. The fraction of sp³-hybridized carbons (Fsp3) is 0.211. The van der Waals surface area contributed by atoms with E-state index < -0.39 is 11.0 Å². The lowest BCUT2D eigenvalue weighted by Gasteiger charge is -2.14. The van der Waals surface area contributed by atoms with Crippen molar-refractivity contribution in [3.05, 3.63) is 70.0 Å². The highest BCUT2D eigenvalue weighted by Gasteiger charge is 2.22. The number of nitrogens with one attached hydrogen (secondary N) is 1. The Bertz CT molecular complexity index is 923. The van der Waals surface area contributed by atoms with Crippen LogP contribution < -0.4 is 9.47 Å². The van der Waals surface area contributed by atoms with Crippen LogP contribution in [0.2, 0.25) is 0 Å². The van der Waals surface area contributed by atoms with Crippen molar-refractivity contribution in [1.82, 2.24) is 10.2 Å². The molecule has 0 saturated heterocycles. The molecular weight excluding hydrogens is 350 g/mol. The van der Waals surface area contributed by atoms with Gasteiger partial charge in [-0.25, -0.2) is 0 Å². The fourth-order valence-electron chi connectivity index (χ4n) is 2.88. The first-order chi connectivity index (χ1) is 13.0. The van der Waals surface area contributed by atoms with Crippen molar-refractivity contribution in [2.45, 2.75) is 12.5 Å². The van der Waals surface area contributed by atoms with Crippen molar-refractivity contribution in [1.29, 1.82) is 0 Å². The molecule has 0 radical (unpaired) electrons. The first-order valence-electron chi connectivity index (χ1n) is 8.20. The number of ether oxygens (including phenoxy) is 2. The Morgan fingerprint density at radius 1 is 1.15 bits per heavy atom. The predicted molar refractivity (Wildman–Crippen MR) is 98.9 cm³/mol. The molecule has 1 heterocycles. The van der Waals surface area contributed by atoms with Crippen LogP contribution in [0, 0.1) is 10.1 Å². The Hall–Kier alpha value is -3.39.